The van der Waals surface area contributed by atoms with Gasteiger partial charge < -0.3 is 4.90 Å². The van der Waals surface area contributed by atoms with Crippen LogP contribution in [0.5, 0.6) is 0 Å². The molecule has 0 saturated carbocycles. The van der Waals surface area contributed by atoms with Crippen molar-refractivity contribution in [2.75, 3.05) is 26.2 Å². The number of rotatable bonds is 3. The second-order valence-electron chi connectivity index (χ2n) is 6.63. The minimum atomic E-state index is -0.598. The van der Waals surface area contributed by atoms with Crippen LogP contribution in [0.2, 0.25) is 0 Å². The molecule has 1 fully saturated rings. The maximum Gasteiger partial charge on any atom is 0.254 e. The molecule has 1 heterocycles. The molecule has 6 heteroatoms. The minimum absolute atomic E-state index is 0.204. The van der Waals surface area contributed by atoms with Crippen LogP contribution >= 0.6 is 0 Å². The third-order valence-corrected chi connectivity index (χ3v) is 4.98. The third-order valence-electron chi connectivity index (χ3n) is 4.98. The van der Waals surface area contributed by atoms with Gasteiger partial charge in [-0.05, 0) is 37.6 Å². The molecule has 1 saturated heterocycles. The Hall–Kier alpha value is -2.34. The number of nitrogens with zero attached hydrogens (tertiary/aromatic N) is 2. The Balaban J connectivity index is 1.65. The number of amides is 1. The first-order valence-corrected chi connectivity index (χ1v) is 8.61. The summed E-state index contributed by atoms with van der Waals surface area (Å²) in [5, 5.41) is 0. The summed E-state index contributed by atoms with van der Waals surface area (Å²) in [7, 11) is 0. The van der Waals surface area contributed by atoms with E-state index in [1.165, 1.54) is 18.2 Å². The molecule has 0 aromatic heterocycles. The average Bonchev–Trinajstić information content (AvgIpc) is 2.63. The zero-order valence-corrected chi connectivity index (χ0v) is 14.8. The van der Waals surface area contributed by atoms with Crippen molar-refractivity contribution in [1.29, 1.82) is 0 Å². The number of carbonyl (C=O) groups excluding carboxylic acids is 1. The lowest BCUT2D eigenvalue weighted by molar-refractivity contribution is 0.0578. The Labute approximate surface area is 151 Å². The van der Waals surface area contributed by atoms with Gasteiger partial charge in [0.25, 0.3) is 5.91 Å². The molecule has 0 N–H and O–H groups in total. The number of aryl methyl sites for hydroxylation is 1. The Kier molecular flexibility index (Phi) is 5.32. The molecule has 26 heavy (non-hydrogen) atoms. The van der Waals surface area contributed by atoms with Crippen molar-refractivity contribution in [3.63, 3.8) is 0 Å². The van der Waals surface area contributed by atoms with E-state index < -0.39 is 17.5 Å². The first-order chi connectivity index (χ1) is 12.4. The van der Waals surface area contributed by atoms with E-state index in [0.29, 0.717) is 42.9 Å². The van der Waals surface area contributed by atoms with Crippen molar-refractivity contribution in [2.24, 2.45) is 0 Å². The van der Waals surface area contributed by atoms with E-state index in [1.807, 2.05) is 6.92 Å². The molecule has 3 rings (SSSR count). The summed E-state index contributed by atoms with van der Waals surface area (Å²) in [4.78, 5) is 16.3. The second kappa shape index (κ2) is 7.50. The van der Waals surface area contributed by atoms with Crippen molar-refractivity contribution in [3.8, 4) is 0 Å². The summed E-state index contributed by atoms with van der Waals surface area (Å²) in [5.74, 6) is -1.76. The maximum absolute atomic E-state index is 14.0. The fourth-order valence-corrected chi connectivity index (χ4v) is 3.26. The molecular weight excluding hydrogens is 341 g/mol. The average molecular weight is 362 g/mol. The SMILES string of the molecule is Cc1ccc(C(=O)N2CCN(C(C)c3ccc(F)cc3F)CC2)cc1F. The van der Waals surface area contributed by atoms with Crippen LogP contribution < -0.4 is 0 Å². The standard InChI is InChI=1S/C20H21F3N2O/c1-13-3-4-15(11-18(13)22)20(26)25-9-7-24(8-10-25)14(2)17-6-5-16(21)12-19(17)23/h3-6,11-12,14H,7-10H2,1-2H3. The summed E-state index contributed by atoms with van der Waals surface area (Å²) in [6, 6.07) is 7.87. The number of hydrogen-bond donors (Lipinski definition) is 0. The molecule has 2 aromatic rings. The van der Waals surface area contributed by atoms with Crippen molar-refractivity contribution in [3.05, 3.63) is 70.5 Å². The predicted octanol–water partition coefficient (Wildman–Crippen LogP) is 3.93. The van der Waals surface area contributed by atoms with E-state index in [4.69, 9.17) is 0 Å². The van der Waals surface area contributed by atoms with Gasteiger partial charge in [-0.1, -0.05) is 12.1 Å². The molecule has 1 unspecified atom stereocenters. The molecule has 0 bridgehead atoms. The summed E-state index contributed by atoms with van der Waals surface area (Å²) < 4.78 is 40.8. The van der Waals surface area contributed by atoms with Crippen LogP contribution in [0.4, 0.5) is 13.2 Å². The maximum atomic E-state index is 14.0. The number of hydrogen-bond acceptors (Lipinski definition) is 2. The molecule has 0 aliphatic carbocycles. The molecule has 3 nitrogen and oxygen atoms in total. The molecule has 138 valence electrons. The number of piperazine rings is 1. The van der Waals surface area contributed by atoms with Gasteiger partial charge in [0.15, 0.2) is 0 Å². The second-order valence-corrected chi connectivity index (χ2v) is 6.63. The highest BCUT2D eigenvalue weighted by molar-refractivity contribution is 5.94. The third kappa shape index (κ3) is 3.75. The van der Waals surface area contributed by atoms with Crippen molar-refractivity contribution >= 4 is 5.91 Å². The van der Waals surface area contributed by atoms with E-state index >= 15 is 0 Å². The van der Waals surface area contributed by atoms with E-state index in [0.717, 1.165) is 6.07 Å². The number of halogens is 3. The smallest absolute Gasteiger partial charge is 0.254 e. The monoisotopic (exact) mass is 362 g/mol. The highest BCUT2D eigenvalue weighted by Gasteiger charge is 2.27. The minimum Gasteiger partial charge on any atom is -0.336 e. The van der Waals surface area contributed by atoms with Crippen LogP contribution in [0.3, 0.4) is 0 Å². The first kappa shape index (κ1) is 18.5. The van der Waals surface area contributed by atoms with Crippen molar-refractivity contribution < 1.29 is 18.0 Å². The van der Waals surface area contributed by atoms with Crippen LogP contribution in [0.15, 0.2) is 36.4 Å². The van der Waals surface area contributed by atoms with Gasteiger partial charge in [-0.15, -0.1) is 0 Å². The summed E-state index contributed by atoms with van der Waals surface area (Å²) in [5.41, 5.74) is 1.27. The van der Waals surface area contributed by atoms with E-state index in [-0.39, 0.29) is 11.9 Å². The molecule has 1 amide bonds. The van der Waals surface area contributed by atoms with E-state index in [2.05, 4.69) is 4.90 Å². The van der Waals surface area contributed by atoms with Gasteiger partial charge in [0.05, 0.1) is 0 Å². The molecule has 1 aliphatic rings. The van der Waals surface area contributed by atoms with Crippen molar-refractivity contribution in [1.82, 2.24) is 9.80 Å². The van der Waals surface area contributed by atoms with Gasteiger partial charge >= 0.3 is 0 Å². The Morgan fingerprint density at radius 2 is 1.65 bits per heavy atom. The van der Waals surface area contributed by atoms with Crippen LogP contribution in [0, 0.1) is 24.4 Å². The molecular formula is C20H21F3N2O. The molecule has 1 aliphatic heterocycles. The fourth-order valence-electron chi connectivity index (χ4n) is 3.26. The van der Waals surface area contributed by atoms with Gasteiger partial charge in [0, 0.05) is 49.4 Å². The molecule has 2 aromatic carbocycles. The lowest BCUT2D eigenvalue weighted by Gasteiger charge is -2.38. The molecule has 0 radical (unpaired) electrons. The van der Waals surface area contributed by atoms with Gasteiger partial charge in [-0.25, -0.2) is 13.2 Å². The zero-order chi connectivity index (χ0) is 18.8. The van der Waals surface area contributed by atoms with Gasteiger partial charge in [0.2, 0.25) is 0 Å². The summed E-state index contributed by atoms with van der Waals surface area (Å²) in [6.07, 6.45) is 0. The Morgan fingerprint density at radius 3 is 2.27 bits per heavy atom. The fraction of sp³-hybridized carbons (Fsp3) is 0.350. The zero-order valence-electron chi connectivity index (χ0n) is 14.8. The summed E-state index contributed by atoms with van der Waals surface area (Å²) >= 11 is 0. The highest BCUT2D eigenvalue weighted by Crippen LogP contribution is 2.25. The number of carbonyl (C=O) groups is 1. The quantitative estimate of drug-likeness (QED) is 0.826. The predicted molar refractivity (Wildman–Crippen MR) is 93.4 cm³/mol. The Bertz CT molecular complexity index is 817. The van der Waals surface area contributed by atoms with Gasteiger partial charge in [-0.3, -0.25) is 9.69 Å². The lowest BCUT2D eigenvalue weighted by Crippen LogP contribution is -2.49. The highest BCUT2D eigenvalue weighted by atomic mass is 19.1. The van der Waals surface area contributed by atoms with E-state index in [1.54, 1.807) is 24.0 Å². The number of benzene rings is 2. The van der Waals surface area contributed by atoms with Crippen LogP contribution in [-0.2, 0) is 0 Å². The molecule has 0 spiro atoms. The largest absolute Gasteiger partial charge is 0.336 e. The molecule has 1 atom stereocenters. The van der Waals surface area contributed by atoms with Gasteiger partial charge in [0.1, 0.15) is 17.5 Å². The van der Waals surface area contributed by atoms with Crippen LogP contribution in [-0.4, -0.2) is 41.9 Å². The summed E-state index contributed by atoms with van der Waals surface area (Å²) in [6.45, 7) is 5.60. The van der Waals surface area contributed by atoms with Crippen LogP contribution in [0.25, 0.3) is 0 Å². The topological polar surface area (TPSA) is 23.6 Å². The Morgan fingerprint density at radius 1 is 0.962 bits per heavy atom. The lowest BCUT2D eigenvalue weighted by atomic mass is 10.0. The first-order valence-electron chi connectivity index (χ1n) is 8.61. The van der Waals surface area contributed by atoms with Crippen LogP contribution in [0.1, 0.15) is 34.5 Å². The van der Waals surface area contributed by atoms with Crippen molar-refractivity contribution in [2.45, 2.75) is 19.9 Å². The normalized spacial score (nSPS) is 16.6. The van der Waals surface area contributed by atoms with Gasteiger partial charge in [-0.2, -0.15) is 0 Å². The van der Waals surface area contributed by atoms with E-state index in [9.17, 15) is 18.0 Å².